The third kappa shape index (κ3) is 5.31. The molecular formula is C10H14FN3P+. The second kappa shape index (κ2) is 8.16. The van der Waals surface area contributed by atoms with Crippen molar-refractivity contribution in [1.82, 2.24) is 0 Å². The van der Waals surface area contributed by atoms with Crippen LogP contribution in [0.1, 0.15) is 19.3 Å². The van der Waals surface area contributed by atoms with Crippen molar-refractivity contribution in [2.45, 2.75) is 19.3 Å². The minimum absolute atomic E-state index is 0.328. The second-order valence-corrected chi connectivity index (χ2v) is 7.62. The summed E-state index contributed by atoms with van der Waals surface area (Å²) in [7, 11) is -1.86. The van der Waals surface area contributed by atoms with Crippen LogP contribution in [0.25, 0.3) is 0 Å². The van der Waals surface area contributed by atoms with E-state index in [9.17, 15) is 4.39 Å². The average molecular weight is 226 g/mol. The summed E-state index contributed by atoms with van der Waals surface area (Å²) in [4.78, 5) is 0. The molecule has 0 N–H and O–H groups in total. The van der Waals surface area contributed by atoms with E-state index in [0.29, 0.717) is 37.7 Å². The minimum atomic E-state index is -1.86. The van der Waals surface area contributed by atoms with E-state index in [4.69, 9.17) is 15.8 Å². The van der Waals surface area contributed by atoms with Crippen LogP contribution >= 0.6 is 7.26 Å². The summed E-state index contributed by atoms with van der Waals surface area (Å²) in [5.41, 5.74) is 0. The molecule has 0 heterocycles. The molecular weight excluding hydrogens is 212 g/mol. The highest BCUT2D eigenvalue weighted by Gasteiger charge is 2.36. The normalized spacial score (nSPS) is 10.0. The predicted octanol–water partition coefficient (Wildman–Crippen LogP) is 2.67. The van der Waals surface area contributed by atoms with Gasteiger partial charge in [0.1, 0.15) is 0 Å². The molecule has 0 saturated heterocycles. The quantitative estimate of drug-likeness (QED) is 0.626. The van der Waals surface area contributed by atoms with E-state index < -0.39 is 13.7 Å². The van der Waals surface area contributed by atoms with Crippen LogP contribution in [0.5, 0.6) is 0 Å². The molecule has 15 heavy (non-hydrogen) atoms. The zero-order valence-electron chi connectivity index (χ0n) is 8.62. The number of halogens is 1. The number of hydrogen-bond donors (Lipinski definition) is 0. The van der Waals surface area contributed by atoms with Crippen molar-refractivity contribution >= 4 is 7.26 Å². The summed E-state index contributed by atoms with van der Waals surface area (Å²) >= 11 is 0. The van der Waals surface area contributed by atoms with E-state index in [0.717, 1.165) is 0 Å². The maximum atomic E-state index is 13.0. The molecule has 0 unspecified atom stereocenters. The van der Waals surface area contributed by atoms with Crippen molar-refractivity contribution in [3.05, 3.63) is 0 Å². The van der Waals surface area contributed by atoms with Crippen LogP contribution in [0, 0.1) is 34.0 Å². The second-order valence-electron chi connectivity index (χ2n) is 3.36. The molecule has 0 aliphatic rings. The van der Waals surface area contributed by atoms with Crippen molar-refractivity contribution in [2.75, 3.05) is 24.9 Å². The van der Waals surface area contributed by atoms with Crippen molar-refractivity contribution in [1.29, 1.82) is 15.8 Å². The van der Waals surface area contributed by atoms with Crippen LogP contribution < -0.4 is 0 Å². The summed E-state index contributed by atoms with van der Waals surface area (Å²) in [5.74, 6) is 0. The smallest absolute Gasteiger partial charge is 0.195 e. The Balaban J connectivity index is 4.40. The zero-order valence-corrected chi connectivity index (χ0v) is 9.51. The highest BCUT2D eigenvalue weighted by atomic mass is 31.2. The van der Waals surface area contributed by atoms with Crippen LogP contribution in [-0.2, 0) is 0 Å². The molecule has 0 aromatic carbocycles. The molecule has 0 aliphatic carbocycles. The number of hydrogen-bond acceptors (Lipinski definition) is 3. The van der Waals surface area contributed by atoms with Crippen molar-refractivity contribution in [2.24, 2.45) is 0 Å². The number of nitrogens with zero attached hydrogens (tertiary/aromatic N) is 3. The molecule has 0 fully saturated rings. The summed E-state index contributed by atoms with van der Waals surface area (Å²) in [6.45, 7) is 0. The van der Waals surface area contributed by atoms with Gasteiger partial charge in [-0.15, -0.1) is 0 Å². The first-order valence-corrected chi connectivity index (χ1v) is 7.29. The van der Waals surface area contributed by atoms with Gasteiger partial charge in [0.05, 0.1) is 56.0 Å². The van der Waals surface area contributed by atoms with Gasteiger partial charge in [-0.05, 0) is 0 Å². The highest BCUT2D eigenvalue weighted by Crippen LogP contribution is 2.60. The predicted molar refractivity (Wildman–Crippen MR) is 58.2 cm³/mol. The van der Waals surface area contributed by atoms with Gasteiger partial charge in [-0.1, -0.05) is 0 Å². The van der Waals surface area contributed by atoms with Gasteiger partial charge < -0.3 is 0 Å². The largest absolute Gasteiger partial charge is 0.206 e. The number of rotatable bonds is 7. The summed E-state index contributed by atoms with van der Waals surface area (Å²) in [5, 5.41) is 25.5. The van der Waals surface area contributed by atoms with Gasteiger partial charge in [-0.3, -0.25) is 0 Å². The Hall–Kier alpha value is -1.17. The Bertz CT molecular complexity index is 252. The van der Waals surface area contributed by atoms with Gasteiger partial charge >= 0.3 is 0 Å². The van der Waals surface area contributed by atoms with Crippen LogP contribution in [0.15, 0.2) is 0 Å². The van der Waals surface area contributed by atoms with Crippen molar-refractivity contribution in [3.63, 3.8) is 0 Å². The standard InChI is InChI=1S/C10H14FN3P/c11-10-15(7-1-4-12,8-2-5-13)9-3-6-14/h1-3,7-10H2/q+1. The molecule has 0 aromatic rings. The fourth-order valence-electron chi connectivity index (χ4n) is 1.38. The number of nitriles is 3. The van der Waals surface area contributed by atoms with Crippen LogP contribution in [0.4, 0.5) is 4.39 Å². The van der Waals surface area contributed by atoms with E-state index in [1.54, 1.807) is 0 Å². The molecule has 0 aliphatic heterocycles. The Morgan fingerprint density at radius 3 is 1.33 bits per heavy atom. The van der Waals surface area contributed by atoms with E-state index in [2.05, 4.69) is 0 Å². The van der Waals surface area contributed by atoms with E-state index in [1.807, 2.05) is 18.2 Å². The lowest BCUT2D eigenvalue weighted by Gasteiger charge is -2.21. The van der Waals surface area contributed by atoms with Gasteiger partial charge in [-0.2, -0.15) is 15.8 Å². The van der Waals surface area contributed by atoms with Gasteiger partial charge in [0.2, 0.25) is 0 Å². The lowest BCUT2D eigenvalue weighted by atomic mass is 10.5. The van der Waals surface area contributed by atoms with Gasteiger partial charge in [0.15, 0.2) is 6.42 Å². The third-order valence-electron chi connectivity index (χ3n) is 2.35. The van der Waals surface area contributed by atoms with Crippen LogP contribution in [0.2, 0.25) is 0 Å². The fraction of sp³-hybridized carbons (Fsp3) is 0.700. The van der Waals surface area contributed by atoms with Crippen LogP contribution in [0.3, 0.4) is 0 Å². The molecule has 0 rings (SSSR count). The first-order valence-electron chi connectivity index (χ1n) is 4.76. The lowest BCUT2D eigenvalue weighted by Crippen LogP contribution is -2.09. The molecule has 0 aromatic heterocycles. The maximum absolute atomic E-state index is 13.0. The first kappa shape index (κ1) is 13.8. The van der Waals surface area contributed by atoms with Crippen LogP contribution in [-0.4, -0.2) is 24.9 Å². The topological polar surface area (TPSA) is 71.4 Å². The molecule has 0 bridgehead atoms. The SMILES string of the molecule is N#CCC[P+](CF)(CCC#N)CCC#N. The summed E-state index contributed by atoms with van der Waals surface area (Å²) < 4.78 is 13.0. The van der Waals surface area contributed by atoms with Crippen molar-refractivity contribution in [3.8, 4) is 18.2 Å². The van der Waals surface area contributed by atoms with Gasteiger partial charge in [0, 0.05) is 7.26 Å². The first-order chi connectivity index (χ1) is 7.24. The van der Waals surface area contributed by atoms with Gasteiger partial charge in [0.25, 0.3) is 0 Å². The van der Waals surface area contributed by atoms with Gasteiger partial charge in [-0.25, -0.2) is 4.39 Å². The molecule has 0 spiro atoms. The molecule has 0 radical (unpaired) electrons. The molecule has 0 saturated carbocycles. The maximum Gasteiger partial charge on any atom is 0.195 e. The summed E-state index contributed by atoms with van der Waals surface area (Å²) in [6.07, 6.45) is 2.17. The molecule has 0 atom stereocenters. The summed E-state index contributed by atoms with van der Waals surface area (Å²) in [6, 6.07) is 6.02. The Morgan fingerprint density at radius 1 is 0.800 bits per heavy atom. The Morgan fingerprint density at radius 2 is 1.13 bits per heavy atom. The molecule has 5 heteroatoms. The number of alkyl halides is 1. The molecule has 0 amide bonds. The Kier molecular flexibility index (Phi) is 7.53. The van der Waals surface area contributed by atoms with E-state index >= 15 is 0 Å². The molecule has 3 nitrogen and oxygen atoms in total. The van der Waals surface area contributed by atoms with Crippen molar-refractivity contribution < 1.29 is 4.39 Å². The third-order valence-corrected chi connectivity index (χ3v) is 6.37. The lowest BCUT2D eigenvalue weighted by molar-refractivity contribution is 0.591. The minimum Gasteiger partial charge on any atom is -0.206 e. The Labute approximate surface area is 90.5 Å². The highest BCUT2D eigenvalue weighted by molar-refractivity contribution is 7.75. The average Bonchev–Trinajstić information content (AvgIpc) is 2.29. The van der Waals surface area contributed by atoms with E-state index in [-0.39, 0.29) is 0 Å². The van der Waals surface area contributed by atoms with E-state index in [1.165, 1.54) is 0 Å². The monoisotopic (exact) mass is 226 g/mol. The zero-order chi connectivity index (χ0) is 11.6. The molecule has 80 valence electrons. The fourth-order valence-corrected chi connectivity index (χ4v) is 4.13.